The zero-order chi connectivity index (χ0) is 14.1. The number of hydrazine groups is 1. The van der Waals surface area contributed by atoms with Crippen molar-refractivity contribution in [1.82, 2.24) is 5.43 Å². The summed E-state index contributed by atoms with van der Waals surface area (Å²) in [4.78, 5) is 25.5. The molecule has 106 valence electrons. The predicted molar refractivity (Wildman–Crippen MR) is 76.8 cm³/mol. The Morgan fingerprint density at radius 1 is 0.952 bits per heavy atom. The second-order valence-corrected chi connectivity index (χ2v) is 6.64. The van der Waals surface area contributed by atoms with Crippen molar-refractivity contribution in [2.75, 3.05) is 5.01 Å². The number of amides is 2. The van der Waals surface area contributed by atoms with Crippen molar-refractivity contribution in [3.63, 3.8) is 0 Å². The SMILES string of the molecule is O=C1NN(c2ccccc2)C(=O)[C@H]2[C@H]3C=C[C@H]([C@H]4C[C@H]34)[C@H]12. The number of para-hydroxylation sites is 1. The molecule has 2 saturated carbocycles. The molecule has 0 radical (unpaired) electrons. The topological polar surface area (TPSA) is 49.4 Å². The van der Waals surface area contributed by atoms with Crippen LogP contribution in [0.25, 0.3) is 0 Å². The van der Waals surface area contributed by atoms with E-state index in [0.29, 0.717) is 11.8 Å². The Bertz CT molecular complexity index is 669. The van der Waals surface area contributed by atoms with Gasteiger partial charge in [-0.2, -0.15) is 0 Å². The molecule has 2 bridgehead atoms. The quantitative estimate of drug-likeness (QED) is 0.797. The summed E-state index contributed by atoms with van der Waals surface area (Å²) in [5.74, 6) is 1.54. The summed E-state index contributed by atoms with van der Waals surface area (Å²) in [6.45, 7) is 0. The molecule has 2 amide bonds. The molecule has 0 unspecified atom stereocenters. The van der Waals surface area contributed by atoms with Crippen molar-refractivity contribution >= 4 is 17.5 Å². The van der Waals surface area contributed by atoms with Crippen LogP contribution in [0.3, 0.4) is 0 Å². The maximum atomic E-state index is 12.9. The van der Waals surface area contributed by atoms with Crippen LogP contribution in [0.15, 0.2) is 42.5 Å². The van der Waals surface area contributed by atoms with Gasteiger partial charge in [0.05, 0.1) is 17.5 Å². The van der Waals surface area contributed by atoms with E-state index < -0.39 is 0 Å². The first kappa shape index (κ1) is 11.5. The minimum atomic E-state index is -0.169. The van der Waals surface area contributed by atoms with E-state index in [2.05, 4.69) is 17.6 Å². The van der Waals surface area contributed by atoms with Crippen LogP contribution in [-0.4, -0.2) is 11.8 Å². The number of allylic oxidation sites excluding steroid dienone is 2. The molecule has 1 heterocycles. The van der Waals surface area contributed by atoms with Gasteiger partial charge in [0.25, 0.3) is 0 Å². The van der Waals surface area contributed by atoms with Crippen LogP contribution in [0.5, 0.6) is 0 Å². The zero-order valence-electron chi connectivity index (χ0n) is 11.5. The molecule has 0 spiro atoms. The maximum absolute atomic E-state index is 12.9. The minimum Gasteiger partial charge on any atom is -0.273 e. The molecule has 6 rings (SSSR count). The lowest BCUT2D eigenvalue weighted by atomic mass is 9.61. The minimum absolute atomic E-state index is 0.00755. The number of hydrogen-bond donors (Lipinski definition) is 1. The fourth-order valence-corrected chi connectivity index (χ4v) is 4.73. The molecule has 0 aromatic heterocycles. The van der Waals surface area contributed by atoms with Gasteiger partial charge < -0.3 is 0 Å². The summed E-state index contributed by atoms with van der Waals surface area (Å²) in [6, 6.07) is 9.38. The van der Waals surface area contributed by atoms with Gasteiger partial charge in [-0.1, -0.05) is 30.4 Å². The van der Waals surface area contributed by atoms with Crippen LogP contribution in [0.1, 0.15) is 6.42 Å². The van der Waals surface area contributed by atoms with Crippen molar-refractivity contribution in [1.29, 1.82) is 0 Å². The molecule has 4 heteroatoms. The molecular weight excluding hydrogens is 264 g/mol. The highest BCUT2D eigenvalue weighted by atomic mass is 16.2. The normalized spacial score (nSPS) is 42.4. The van der Waals surface area contributed by atoms with Crippen molar-refractivity contribution in [3.8, 4) is 0 Å². The van der Waals surface area contributed by atoms with Crippen LogP contribution >= 0.6 is 0 Å². The van der Waals surface area contributed by atoms with Gasteiger partial charge in [0.2, 0.25) is 11.8 Å². The molecule has 1 N–H and O–H groups in total. The number of carbonyl (C=O) groups is 2. The number of benzene rings is 1. The molecule has 5 aliphatic rings. The smallest absolute Gasteiger partial charge is 0.250 e. The van der Waals surface area contributed by atoms with Gasteiger partial charge in [0.15, 0.2) is 0 Å². The summed E-state index contributed by atoms with van der Waals surface area (Å²) in [6.07, 6.45) is 5.56. The van der Waals surface area contributed by atoms with E-state index in [0.717, 1.165) is 5.69 Å². The van der Waals surface area contributed by atoms with E-state index in [1.165, 1.54) is 11.4 Å². The van der Waals surface area contributed by atoms with Gasteiger partial charge in [-0.05, 0) is 42.2 Å². The average molecular weight is 280 g/mol. The Balaban J connectivity index is 1.56. The Kier molecular flexibility index (Phi) is 2.06. The van der Waals surface area contributed by atoms with Crippen molar-refractivity contribution in [3.05, 3.63) is 42.5 Å². The van der Waals surface area contributed by atoms with Gasteiger partial charge >= 0.3 is 0 Å². The largest absolute Gasteiger partial charge is 0.273 e. The van der Waals surface area contributed by atoms with Crippen molar-refractivity contribution < 1.29 is 9.59 Å². The number of anilines is 1. The van der Waals surface area contributed by atoms with Crippen LogP contribution < -0.4 is 10.4 Å². The molecule has 21 heavy (non-hydrogen) atoms. The highest BCUT2D eigenvalue weighted by Gasteiger charge is 2.64. The number of carbonyl (C=O) groups excluding carboxylic acids is 2. The van der Waals surface area contributed by atoms with Crippen molar-refractivity contribution in [2.24, 2.45) is 35.5 Å². The number of nitrogens with zero attached hydrogens (tertiary/aromatic N) is 1. The lowest BCUT2D eigenvalue weighted by molar-refractivity contribution is -0.146. The lowest BCUT2D eigenvalue weighted by Gasteiger charge is -2.48. The Hall–Kier alpha value is -2.10. The molecule has 1 saturated heterocycles. The van der Waals surface area contributed by atoms with Gasteiger partial charge in [-0.3, -0.25) is 15.0 Å². The molecule has 1 aromatic carbocycles. The highest BCUT2D eigenvalue weighted by molar-refractivity contribution is 6.04. The second-order valence-electron chi connectivity index (χ2n) is 6.64. The Morgan fingerprint density at radius 2 is 1.62 bits per heavy atom. The maximum Gasteiger partial charge on any atom is 0.250 e. The summed E-state index contributed by atoms with van der Waals surface area (Å²) < 4.78 is 0. The predicted octanol–water partition coefficient (Wildman–Crippen LogP) is 1.75. The number of nitrogens with one attached hydrogen (secondary N) is 1. The standard InChI is InChI=1S/C17H16N2O2/c20-16-14-10-6-7-11(13-8-12(10)13)15(14)17(21)19(18-16)9-4-2-1-3-5-9/h1-7,10-15H,8H2,(H,18,20)/t10-,11+,12-,13-,14+,15+/m1/s1. The number of hydrogen-bond acceptors (Lipinski definition) is 2. The summed E-state index contributed by atoms with van der Waals surface area (Å²) in [5.41, 5.74) is 3.56. The van der Waals surface area contributed by atoms with E-state index in [-0.39, 0.29) is 35.5 Å². The molecule has 4 nitrogen and oxygen atoms in total. The van der Waals surface area contributed by atoms with Gasteiger partial charge in [-0.25, -0.2) is 5.01 Å². The third-order valence-corrected chi connectivity index (χ3v) is 5.70. The fourth-order valence-electron chi connectivity index (χ4n) is 4.73. The van der Waals surface area contributed by atoms with Crippen LogP contribution in [-0.2, 0) is 9.59 Å². The van der Waals surface area contributed by atoms with Gasteiger partial charge in [0, 0.05) is 0 Å². The molecule has 1 aromatic rings. The monoisotopic (exact) mass is 280 g/mol. The first-order valence-corrected chi connectivity index (χ1v) is 7.63. The number of rotatable bonds is 1. The first-order chi connectivity index (χ1) is 10.3. The van der Waals surface area contributed by atoms with E-state index in [1.54, 1.807) is 0 Å². The van der Waals surface area contributed by atoms with Crippen LogP contribution in [0.2, 0.25) is 0 Å². The average Bonchev–Trinajstić information content (AvgIpc) is 3.33. The highest BCUT2D eigenvalue weighted by Crippen LogP contribution is 2.64. The zero-order valence-corrected chi connectivity index (χ0v) is 11.5. The summed E-state index contributed by atoms with van der Waals surface area (Å²) in [7, 11) is 0. The van der Waals surface area contributed by atoms with Crippen LogP contribution in [0, 0.1) is 35.5 Å². The molecule has 1 aliphatic heterocycles. The molecule has 6 atom stereocenters. The molecular formula is C17H16N2O2. The summed E-state index contributed by atoms with van der Waals surface area (Å²) >= 11 is 0. The third-order valence-electron chi connectivity index (χ3n) is 5.70. The third kappa shape index (κ3) is 1.40. The van der Waals surface area contributed by atoms with Crippen LogP contribution in [0.4, 0.5) is 5.69 Å². The van der Waals surface area contributed by atoms with E-state index in [9.17, 15) is 9.59 Å². The first-order valence-electron chi connectivity index (χ1n) is 7.63. The molecule has 4 aliphatic carbocycles. The Labute approximate surface area is 122 Å². The van der Waals surface area contributed by atoms with E-state index in [4.69, 9.17) is 0 Å². The summed E-state index contributed by atoms with van der Waals surface area (Å²) in [5, 5.41) is 1.45. The Morgan fingerprint density at radius 3 is 2.33 bits per heavy atom. The van der Waals surface area contributed by atoms with E-state index >= 15 is 0 Å². The molecule has 3 fully saturated rings. The van der Waals surface area contributed by atoms with Gasteiger partial charge in [-0.15, -0.1) is 0 Å². The lowest BCUT2D eigenvalue weighted by Crippen LogP contribution is -2.64. The fraction of sp³-hybridized carbons (Fsp3) is 0.412. The van der Waals surface area contributed by atoms with Gasteiger partial charge in [0.1, 0.15) is 0 Å². The second kappa shape index (κ2) is 3.75. The van der Waals surface area contributed by atoms with E-state index in [1.807, 2.05) is 30.3 Å². The van der Waals surface area contributed by atoms with Crippen molar-refractivity contribution in [2.45, 2.75) is 6.42 Å².